The standard InChI is InChI=1S/C20H18BrN3O3/c1-12-22-23-20(27-12)17-6-13-4-2-3-5-14(13)9-24(17)10-15-7-18-19(8-16(15)21)26-11-25-18/h2-5,7-8,17H,6,9-11H2,1H3. The highest BCUT2D eigenvalue weighted by Gasteiger charge is 2.32. The molecule has 0 amide bonds. The highest BCUT2D eigenvalue weighted by atomic mass is 79.9. The Hall–Kier alpha value is -2.38. The Labute approximate surface area is 165 Å². The molecular weight excluding hydrogens is 410 g/mol. The number of ether oxygens (including phenoxy) is 2. The quantitative estimate of drug-likeness (QED) is 0.624. The zero-order chi connectivity index (χ0) is 18.4. The Kier molecular flexibility index (Phi) is 4.13. The molecule has 0 aliphatic carbocycles. The fourth-order valence-electron chi connectivity index (χ4n) is 3.73. The topological polar surface area (TPSA) is 60.6 Å². The minimum atomic E-state index is 0.0402. The zero-order valence-corrected chi connectivity index (χ0v) is 16.4. The third-order valence-corrected chi connectivity index (χ3v) is 5.83. The van der Waals surface area contributed by atoms with Crippen LogP contribution in [-0.4, -0.2) is 21.9 Å². The van der Waals surface area contributed by atoms with Gasteiger partial charge >= 0.3 is 0 Å². The summed E-state index contributed by atoms with van der Waals surface area (Å²) in [6.07, 6.45) is 0.847. The molecule has 0 saturated carbocycles. The molecule has 0 radical (unpaired) electrons. The SMILES string of the molecule is Cc1nnc(C2Cc3ccccc3CN2Cc2cc3c(cc2Br)OCO3)o1. The van der Waals surface area contributed by atoms with E-state index < -0.39 is 0 Å². The molecule has 3 aromatic rings. The van der Waals surface area contributed by atoms with Crippen LogP contribution in [0.1, 0.15) is 34.5 Å². The van der Waals surface area contributed by atoms with E-state index in [9.17, 15) is 0 Å². The van der Waals surface area contributed by atoms with Crippen LogP contribution in [0.15, 0.2) is 45.3 Å². The molecule has 2 aromatic carbocycles. The molecular formula is C20H18BrN3O3. The van der Waals surface area contributed by atoms with Crippen LogP contribution in [-0.2, 0) is 19.5 Å². The van der Waals surface area contributed by atoms with Gasteiger partial charge in [0.05, 0.1) is 6.04 Å². The molecule has 6 nitrogen and oxygen atoms in total. The molecule has 2 aliphatic rings. The first-order chi connectivity index (χ1) is 13.2. The molecule has 5 rings (SSSR count). The summed E-state index contributed by atoms with van der Waals surface area (Å²) in [6, 6.07) is 12.6. The molecule has 1 unspecified atom stereocenters. The summed E-state index contributed by atoms with van der Waals surface area (Å²) >= 11 is 3.68. The second kappa shape index (κ2) is 6.65. The van der Waals surface area contributed by atoms with E-state index >= 15 is 0 Å². The van der Waals surface area contributed by atoms with Crippen molar-refractivity contribution in [2.45, 2.75) is 32.5 Å². The van der Waals surface area contributed by atoms with Crippen LogP contribution in [0.2, 0.25) is 0 Å². The van der Waals surface area contributed by atoms with Gasteiger partial charge in [0.2, 0.25) is 18.6 Å². The lowest BCUT2D eigenvalue weighted by molar-refractivity contribution is 0.137. The van der Waals surface area contributed by atoms with Crippen molar-refractivity contribution in [1.29, 1.82) is 0 Å². The van der Waals surface area contributed by atoms with Gasteiger partial charge in [-0.15, -0.1) is 10.2 Å². The van der Waals surface area contributed by atoms with Crippen LogP contribution in [0.4, 0.5) is 0 Å². The fourth-order valence-corrected chi connectivity index (χ4v) is 4.18. The molecule has 2 aliphatic heterocycles. The second-order valence-corrected chi connectivity index (χ2v) is 7.70. The van der Waals surface area contributed by atoms with Crippen molar-refractivity contribution in [3.63, 3.8) is 0 Å². The molecule has 0 bridgehead atoms. The van der Waals surface area contributed by atoms with Crippen LogP contribution in [0.25, 0.3) is 0 Å². The minimum Gasteiger partial charge on any atom is -0.454 e. The number of aryl methyl sites for hydroxylation is 1. The molecule has 0 spiro atoms. The van der Waals surface area contributed by atoms with E-state index in [4.69, 9.17) is 13.9 Å². The van der Waals surface area contributed by atoms with E-state index in [1.807, 2.05) is 19.1 Å². The Bertz CT molecular complexity index is 1000. The van der Waals surface area contributed by atoms with Gasteiger partial charge in [-0.2, -0.15) is 0 Å². The predicted octanol–water partition coefficient (Wildman–Crippen LogP) is 4.17. The van der Waals surface area contributed by atoms with E-state index in [1.165, 1.54) is 11.1 Å². The van der Waals surface area contributed by atoms with Crippen molar-refractivity contribution in [3.05, 3.63) is 69.3 Å². The monoisotopic (exact) mass is 427 g/mol. The highest BCUT2D eigenvalue weighted by Crippen LogP contribution is 2.39. The number of nitrogens with zero attached hydrogens (tertiary/aromatic N) is 3. The summed E-state index contributed by atoms with van der Waals surface area (Å²) < 4.78 is 17.8. The van der Waals surface area contributed by atoms with E-state index in [2.05, 4.69) is 55.3 Å². The lowest BCUT2D eigenvalue weighted by atomic mass is 9.93. The van der Waals surface area contributed by atoms with Gasteiger partial charge in [-0.3, -0.25) is 4.90 Å². The fraction of sp³-hybridized carbons (Fsp3) is 0.300. The minimum absolute atomic E-state index is 0.0402. The molecule has 27 heavy (non-hydrogen) atoms. The van der Waals surface area contributed by atoms with Crippen LogP contribution in [0.5, 0.6) is 11.5 Å². The normalized spacial score (nSPS) is 18.5. The van der Waals surface area contributed by atoms with Gasteiger partial charge in [0.25, 0.3) is 0 Å². The van der Waals surface area contributed by atoms with Crippen LogP contribution in [0, 0.1) is 6.92 Å². The Morgan fingerprint density at radius 1 is 1.11 bits per heavy atom. The van der Waals surface area contributed by atoms with Gasteiger partial charge in [-0.25, -0.2) is 0 Å². The molecule has 3 heterocycles. The van der Waals surface area contributed by atoms with Crippen molar-refractivity contribution < 1.29 is 13.9 Å². The molecule has 1 aromatic heterocycles. The molecule has 0 fully saturated rings. The summed E-state index contributed by atoms with van der Waals surface area (Å²) in [5.41, 5.74) is 3.81. The largest absolute Gasteiger partial charge is 0.454 e. The highest BCUT2D eigenvalue weighted by molar-refractivity contribution is 9.10. The lowest BCUT2D eigenvalue weighted by Gasteiger charge is -2.35. The van der Waals surface area contributed by atoms with Gasteiger partial charge in [-0.1, -0.05) is 40.2 Å². The number of benzene rings is 2. The predicted molar refractivity (Wildman–Crippen MR) is 101 cm³/mol. The number of aromatic nitrogens is 2. The third-order valence-electron chi connectivity index (χ3n) is 5.09. The first-order valence-electron chi connectivity index (χ1n) is 8.86. The average Bonchev–Trinajstić information content (AvgIpc) is 3.30. The van der Waals surface area contributed by atoms with Crippen molar-refractivity contribution in [2.24, 2.45) is 0 Å². The van der Waals surface area contributed by atoms with Gasteiger partial charge in [0.1, 0.15) is 0 Å². The van der Waals surface area contributed by atoms with E-state index in [1.54, 1.807) is 0 Å². The van der Waals surface area contributed by atoms with E-state index in [-0.39, 0.29) is 12.8 Å². The van der Waals surface area contributed by atoms with Gasteiger partial charge < -0.3 is 13.9 Å². The molecule has 1 atom stereocenters. The van der Waals surface area contributed by atoms with Crippen LogP contribution < -0.4 is 9.47 Å². The first-order valence-corrected chi connectivity index (χ1v) is 9.65. The zero-order valence-electron chi connectivity index (χ0n) is 14.8. The van der Waals surface area contributed by atoms with E-state index in [0.29, 0.717) is 11.8 Å². The maximum Gasteiger partial charge on any atom is 0.233 e. The summed E-state index contributed by atoms with van der Waals surface area (Å²) in [4.78, 5) is 2.37. The van der Waals surface area contributed by atoms with Crippen molar-refractivity contribution in [3.8, 4) is 11.5 Å². The summed E-state index contributed by atoms with van der Waals surface area (Å²) in [5, 5.41) is 8.33. The van der Waals surface area contributed by atoms with Crippen LogP contribution >= 0.6 is 15.9 Å². The van der Waals surface area contributed by atoms with Gasteiger partial charge in [0.15, 0.2) is 11.5 Å². The molecule has 0 saturated heterocycles. The summed E-state index contributed by atoms with van der Waals surface area (Å²) in [5.74, 6) is 2.82. The number of hydrogen-bond donors (Lipinski definition) is 0. The Morgan fingerprint density at radius 2 is 1.89 bits per heavy atom. The smallest absolute Gasteiger partial charge is 0.233 e. The molecule has 138 valence electrons. The number of hydrogen-bond acceptors (Lipinski definition) is 6. The van der Waals surface area contributed by atoms with Crippen molar-refractivity contribution in [2.75, 3.05) is 6.79 Å². The van der Waals surface area contributed by atoms with Gasteiger partial charge in [0, 0.05) is 24.5 Å². The Morgan fingerprint density at radius 3 is 2.67 bits per heavy atom. The third kappa shape index (κ3) is 3.11. The molecule has 7 heteroatoms. The summed E-state index contributed by atoms with van der Waals surface area (Å²) in [6.45, 7) is 3.65. The average molecular weight is 428 g/mol. The lowest BCUT2D eigenvalue weighted by Crippen LogP contribution is -2.34. The number of halogens is 1. The maximum absolute atomic E-state index is 5.79. The van der Waals surface area contributed by atoms with Crippen molar-refractivity contribution >= 4 is 15.9 Å². The Balaban J connectivity index is 1.50. The van der Waals surface area contributed by atoms with Crippen molar-refractivity contribution in [1.82, 2.24) is 15.1 Å². The first kappa shape index (κ1) is 16.8. The van der Waals surface area contributed by atoms with Gasteiger partial charge in [-0.05, 0) is 35.2 Å². The number of rotatable bonds is 3. The van der Waals surface area contributed by atoms with Crippen LogP contribution in [0.3, 0.4) is 0 Å². The molecule has 0 N–H and O–H groups in total. The second-order valence-electron chi connectivity index (χ2n) is 6.85. The maximum atomic E-state index is 5.79. The van der Waals surface area contributed by atoms with E-state index in [0.717, 1.165) is 41.0 Å². The summed E-state index contributed by atoms with van der Waals surface area (Å²) in [7, 11) is 0. The number of fused-ring (bicyclic) bond motifs is 2.